The average Bonchev–Trinajstić information content (AvgIpc) is 3.84. The molecule has 4 heteroatoms. The normalized spacial score (nSPS) is 38.4. The van der Waals surface area contributed by atoms with Crippen LogP contribution in [0.4, 0.5) is 0 Å². The molecule has 295 valence electrons. The zero-order chi connectivity index (χ0) is 35.0. The monoisotopic (exact) mass is 891 g/mol. The van der Waals surface area contributed by atoms with E-state index >= 15 is 0 Å². The molecule has 0 spiro atoms. The Morgan fingerprint density at radius 3 is 1.35 bits per heavy atom. The van der Waals surface area contributed by atoms with Gasteiger partial charge < -0.3 is 14.9 Å². The van der Waals surface area contributed by atoms with Crippen molar-refractivity contribution in [2.24, 2.45) is 71.0 Å². The summed E-state index contributed by atoms with van der Waals surface area (Å²) in [6, 6.07) is 36.5. The minimum absolute atomic E-state index is 0. The van der Waals surface area contributed by atoms with E-state index in [1.165, 1.54) is 89.9 Å². The molecule has 11 atom stereocenters. The fraction of sp³-hybridized carbons (Fsp3) is 0.608. The van der Waals surface area contributed by atoms with E-state index in [-0.39, 0.29) is 33.4 Å². The van der Waals surface area contributed by atoms with E-state index in [0.717, 1.165) is 65.1 Å². The van der Waals surface area contributed by atoms with Gasteiger partial charge in [-0.3, -0.25) is 0 Å². The van der Waals surface area contributed by atoms with Gasteiger partial charge in [0.1, 0.15) is 0 Å². The summed E-state index contributed by atoms with van der Waals surface area (Å²) in [4.78, 5) is 0. The number of hydrogen-bond donors (Lipinski definition) is 0. The van der Waals surface area contributed by atoms with Gasteiger partial charge in [-0.25, -0.2) is 0 Å². The molecule has 0 amide bonds. The van der Waals surface area contributed by atoms with E-state index < -0.39 is 20.8 Å². The summed E-state index contributed by atoms with van der Waals surface area (Å²) in [6.07, 6.45) is 24.1. The molecule has 7 fully saturated rings. The zero-order valence-corrected chi connectivity index (χ0v) is 39.2. The van der Waals surface area contributed by atoms with E-state index in [0.29, 0.717) is 23.7 Å². The van der Waals surface area contributed by atoms with Crippen molar-refractivity contribution in [2.75, 3.05) is 0 Å². The van der Waals surface area contributed by atoms with Crippen LogP contribution in [0.2, 0.25) is 0 Å². The van der Waals surface area contributed by atoms with Crippen LogP contribution in [0.15, 0.2) is 91.0 Å². The SMILES string of the molecule is [CH3-].[CH3-].[Cl][Zr+2][Cl].[V].c1ccc(C(CCC2C3CCCCC3C3CCCCC32)C2C(c3ccccc3)C3C4CCCC5CCCC(C54)C3C2c2ccccc2)cc1. The van der Waals surface area contributed by atoms with Crippen LogP contribution in [0.5, 0.6) is 0 Å². The number of fused-ring (bicyclic) bond motifs is 6. The summed E-state index contributed by atoms with van der Waals surface area (Å²) < 4.78 is 0. The van der Waals surface area contributed by atoms with Gasteiger partial charge in [0.2, 0.25) is 0 Å². The van der Waals surface area contributed by atoms with Crippen molar-refractivity contribution in [2.45, 2.75) is 120 Å². The summed E-state index contributed by atoms with van der Waals surface area (Å²) in [5.74, 6) is 13.4. The van der Waals surface area contributed by atoms with Crippen LogP contribution >= 0.6 is 17.0 Å². The predicted octanol–water partition coefficient (Wildman–Crippen LogP) is 15.3. The van der Waals surface area contributed by atoms with Gasteiger partial charge in [-0.15, -0.1) is 0 Å². The van der Waals surface area contributed by atoms with Crippen molar-refractivity contribution in [3.05, 3.63) is 123 Å². The first-order chi connectivity index (χ1) is 25.8. The molecule has 0 heterocycles. The van der Waals surface area contributed by atoms with Crippen LogP contribution in [0.3, 0.4) is 0 Å². The zero-order valence-electron chi connectivity index (χ0n) is 33.8. The van der Waals surface area contributed by atoms with Gasteiger partial charge in [0.15, 0.2) is 0 Å². The second-order valence-electron chi connectivity index (χ2n) is 18.7. The fourth-order valence-corrected chi connectivity index (χ4v) is 16.0. The second-order valence-corrected chi connectivity index (χ2v) is 22.4. The van der Waals surface area contributed by atoms with Crippen molar-refractivity contribution in [3.63, 3.8) is 0 Å². The molecule has 55 heavy (non-hydrogen) atoms. The first-order valence-corrected chi connectivity index (χ1v) is 28.2. The van der Waals surface area contributed by atoms with Gasteiger partial charge in [-0.05, 0) is 157 Å². The van der Waals surface area contributed by atoms with Crippen molar-refractivity contribution in [1.29, 1.82) is 0 Å². The van der Waals surface area contributed by atoms with Gasteiger partial charge in [0.25, 0.3) is 0 Å². The molecule has 0 N–H and O–H groups in total. The van der Waals surface area contributed by atoms with Gasteiger partial charge in [0, 0.05) is 18.6 Å². The van der Waals surface area contributed by atoms with Crippen LogP contribution in [-0.2, 0) is 39.4 Å². The molecule has 0 nitrogen and oxygen atoms in total. The molecule has 0 saturated heterocycles. The first-order valence-electron chi connectivity index (χ1n) is 21.9. The van der Waals surface area contributed by atoms with E-state index in [4.69, 9.17) is 17.0 Å². The van der Waals surface area contributed by atoms with E-state index in [9.17, 15) is 0 Å². The van der Waals surface area contributed by atoms with Crippen LogP contribution in [0.25, 0.3) is 0 Å². The molecule has 10 rings (SSSR count). The Labute approximate surface area is 367 Å². The molecule has 7 aliphatic rings. The molecule has 1 radical (unpaired) electrons. The first kappa shape index (κ1) is 44.3. The van der Waals surface area contributed by atoms with Gasteiger partial charge in [-0.1, -0.05) is 142 Å². The van der Waals surface area contributed by atoms with E-state index in [1.54, 1.807) is 29.5 Å². The van der Waals surface area contributed by atoms with Gasteiger partial charge in [0.05, 0.1) is 0 Å². The van der Waals surface area contributed by atoms with Crippen LogP contribution in [0.1, 0.15) is 137 Å². The molecule has 0 aliphatic heterocycles. The van der Waals surface area contributed by atoms with Crippen LogP contribution in [-0.4, -0.2) is 0 Å². The number of hydrogen-bond acceptors (Lipinski definition) is 0. The Hall–Kier alpha value is -0.292. The third kappa shape index (κ3) is 8.41. The predicted molar refractivity (Wildman–Crippen MR) is 228 cm³/mol. The number of rotatable bonds is 7. The van der Waals surface area contributed by atoms with Crippen LogP contribution < -0.4 is 0 Å². The smallest absolute Gasteiger partial charge is 0 e. The molecule has 11 unspecified atom stereocenters. The number of benzene rings is 3. The molecule has 7 saturated carbocycles. The third-order valence-electron chi connectivity index (χ3n) is 17.1. The third-order valence-corrected chi connectivity index (χ3v) is 17.1. The summed E-state index contributed by atoms with van der Waals surface area (Å²) in [7, 11) is 9.87. The van der Waals surface area contributed by atoms with Gasteiger partial charge >= 0.3 is 37.9 Å². The van der Waals surface area contributed by atoms with E-state index in [2.05, 4.69) is 91.0 Å². The standard InChI is InChI=1S/C49H62.2CH3.2ClH.V.Zr/c1-4-16-32(17-5-1)36(30-31-41-39-26-12-10-24-37(39)38-25-11-13-27-40(38)41)47-45(34-18-6-2-7-19-34)48-42-28-14-22-33-23-15-29-43(44(33)42)49(48)46(47)35-20-8-3-9-21-35;;;;;;/h1-9,16-21,33,36-49H,10-15,22-31H2;2*1H3;2*1H;;/q;2*-1;;;;+4/p-2. The van der Waals surface area contributed by atoms with Crippen molar-refractivity contribution >= 4 is 17.0 Å². The maximum Gasteiger partial charge on any atom is 0 e. The maximum absolute atomic E-state index is 4.93. The Morgan fingerprint density at radius 1 is 0.491 bits per heavy atom. The topological polar surface area (TPSA) is 0 Å². The Kier molecular flexibility index (Phi) is 16.3. The van der Waals surface area contributed by atoms with Crippen molar-refractivity contribution in [3.8, 4) is 0 Å². The minimum atomic E-state index is -0.826. The quantitative estimate of drug-likeness (QED) is 0.207. The van der Waals surface area contributed by atoms with Gasteiger partial charge in [-0.2, -0.15) is 0 Å². The van der Waals surface area contributed by atoms with Crippen molar-refractivity contribution < 1.29 is 39.4 Å². The number of halogens is 2. The molecular weight excluding hydrogens is 826 g/mol. The summed E-state index contributed by atoms with van der Waals surface area (Å²) >= 11 is -0.826. The molecule has 7 aliphatic carbocycles. The minimum Gasteiger partial charge on any atom is -0.0622 e. The van der Waals surface area contributed by atoms with E-state index in [1.807, 2.05) is 0 Å². The molecule has 0 aromatic heterocycles. The van der Waals surface area contributed by atoms with Crippen molar-refractivity contribution in [1.82, 2.24) is 0 Å². The maximum atomic E-state index is 4.93. The Morgan fingerprint density at radius 2 is 0.891 bits per heavy atom. The second kappa shape index (κ2) is 20.3. The largest absolute Gasteiger partial charge is 0.0622 e. The molecule has 3 aromatic rings. The Balaban J connectivity index is 0.000000832. The molecule has 0 bridgehead atoms. The summed E-state index contributed by atoms with van der Waals surface area (Å²) in [5, 5.41) is 0. The summed E-state index contributed by atoms with van der Waals surface area (Å²) in [5.41, 5.74) is 5.03. The fourth-order valence-electron chi connectivity index (χ4n) is 16.0. The Bertz CT molecular complexity index is 1480. The summed E-state index contributed by atoms with van der Waals surface area (Å²) in [6.45, 7) is 0. The van der Waals surface area contributed by atoms with Crippen LogP contribution in [0, 0.1) is 85.9 Å². The average molecular weight is 894 g/mol. The molecule has 3 aromatic carbocycles. The molecular formula is C51H68Cl2VZr.